The predicted octanol–water partition coefficient (Wildman–Crippen LogP) is 9.42. The fourth-order valence-corrected chi connectivity index (χ4v) is 6.87. The van der Waals surface area contributed by atoms with Crippen molar-refractivity contribution in [2.75, 3.05) is 0 Å². The van der Waals surface area contributed by atoms with Gasteiger partial charge in [0.05, 0.1) is 5.41 Å². The maximum absolute atomic E-state index is 2.38. The lowest BCUT2D eigenvalue weighted by Crippen LogP contribution is -2.37. The fourth-order valence-electron chi connectivity index (χ4n) is 6.87. The van der Waals surface area contributed by atoms with E-state index in [1.165, 1.54) is 50.1 Å². The van der Waals surface area contributed by atoms with E-state index in [0.29, 0.717) is 0 Å². The molecule has 1 unspecified atom stereocenters. The lowest BCUT2D eigenvalue weighted by atomic mass is 9.57. The molecular weight excluding hydrogens is 468 g/mol. The van der Waals surface area contributed by atoms with Gasteiger partial charge in [-0.3, -0.25) is 0 Å². The van der Waals surface area contributed by atoms with Gasteiger partial charge in [-0.1, -0.05) is 164 Å². The lowest BCUT2D eigenvalue weighted by molar-refractivity contribution is 0.538. The molecule has 1 aliphatic rings. The molecule has 39 heavy (non-hydrogen) atoms. The topological polar surface area (TPSA) is 0 Å². The smallest absolute Gasteiger partial charge is 0.0560 e. The van der Waals surface area contributed by atoms with E-state index >= 15 is 0 Å². The SMILES string of the molecule is c1ccc(C(c2cccc3c2-c2ccccc2C3)C(c2ccccc2)(c2ccccc2)c2ccccc2)cc1. The number of hydrogen-bond donors (Lipinski definition) is 0. The number of hydrogen-bond acceptors (Lipinski definition) is 0. The molecule has 0 fully saturated rings. The summed E-state index contributed by atoms with van der Waals surface area (Å²) in [6.07, 6.45) is 0.982. The lowest BCUT2D eigenvalue weighted by Gasteiger charge is -2.44. The molecule has 0 amide bonds. The summed E-state index contributed by atoms with van der Waals surface area (Å²) in [4.78, 5) is 0. The average Bonchev–Trinajstić information content (AvgIpc) is 3.41. The Morgan fingerprint density at radius 2 is 0.872 bits per heavy atom. The molecule has 0 N–H and O–H groups in total. The molecule has 0 heteroatoms. The van der Waals surface area contributed by atoms with Gasteiger partial charge in [-0.2, -0.15) is 0 Å². The Kier molecular flexibility index (Phi) is 5.94. The summed E-state index contributed by atoms with van der Waals surface area (Å²) in [5.41, 5.74) is 11.7. The van der Waals surface area contributed by atoms with Gasteiger partial charge in [0.1, 0.15) is 0 Å². The first-order chi connectivity index (χ1) is 19.4. The molecule has 6 aromatic rings. The Morgan fingerprint density at radius 1 is 0.410 bits per heavy atom. The minimum atomic E-state index is -0.461. The Labute approximate surface area is 231 Å². The summed E-state index contributed by atoms with van der Waals surface area (Å²) in [7, 11) is 0. The quantitative estimate of drug-likeness (QED) is 0.200. The van der Waals surface area contributed by atoms with Gasteiger partial charge in [-0.15, -0.1) is 0 Å². The molecule has 0 spiro atoms. The van der Waals surface area contributed by atoms with Gasteiger partial charge in [0.25, 0.3) is 0 Å². The van der Waals surface area contributed by atoms with Crippen LogP contribution < -0.4 is 0 Å². The van der Waals surface area contributed by atoms with E-state index in [0.717, 1.165) is 6.42 Å². The van der Waals surface area contributed by atoms with Gasteiger partial charge >= 0.3 is 0 Å². The molecule has 0 aromatic heterocycles. The molecule has 186 valence electrons. The van der Waals surface area contributed by atoms with Crippen LogP contribution in [0.4, 0.5) is 0 Å². The Hall–Kier alpha value is -4.68. The molecule has 7 rings (SSSR count). The minimum Gasteiger partial charge on any atom is -0.0622 e. The van der Waals surface area contributed by atoms with Crippen LogP contribution in [0.5, 0.6) is 0 Å². The summed E-state index contributed by atoms with van der Waals surface area (Å²) < 4.78 is 0. The highest BCUT2D eigenvalue weighted by atomic mass is 14.5. The fraction of sp³-hybridized carbons (Fsp3) is 0.0769. The van der Waals surface area contributed by atoms with Crippen LogP contribution in [0.25, 0.3) is 11.1 Å². The van der Waals surface area contributed by atoms with Gasteiger partial charge in [0.2, 0.25) is 0 Å². The van der Waals surface area contributed by atoms with Crippen LogP contribution in [0.2, 0.25) is 0 Å². The summed E-state index contributed by atoms with van der Waals surface area (Å²) in [5, 5.41) is 0. The zero-order valence-electron chi connectivity index (χ0n) is 21.9. The zero-order chi connectivity index (χ0) is 26.1. The average molecular weight is 499 g/mol. The molecule has 1 atom stereocenters. The summed E-state index contributed by atoms with van der Waals surface area (Å²) >= 11 is 0. The Balaban J connectivity index is 1.65. The van der Waals surface area contributed by atoms with Crippen LogP contribution in [0, 0.1) is 0 Å². The van der Waals surface area contributed by atoms with Crippen LogP contribution in [-0.4, -0.2) is 0 Å². The van der Waals surface area contributed by atoms with Crippen molar-refractivity contribution in [3.63, 3.8) is 0 Å². The normalized spacial score (nSPS) is 12.9. The Morgan fingerprint density at radius 3 is 1.44 bits per heavy atom. The molecule has 1 aliphatic carbocycles. The van der Waals surface area contributed by atoms with Gasteiger partial charge < -0.3 is 0 Å². The monoisotopic (exact) mass is 498 g/mol. The largest absolute Gasteiger partial charge is 0.0622 e. The van der Waals surface area contributed by atoms with Crippen LogP contribution in [-0.2, 0) is 11.8 Å². The third-order valence-electron chi connectivity index (χ3n) is 8.41. The maximum atomic E-state index is 2.38. The van der Waals surface area contributed by atoms with Crippen molar-refractivity contribution in [2.45, 2.75) is 17.8 Å². The second-order valence-electron chi connectivity index (χ2n) is 10.5. The molecule has 0 radical (unpaired) electrons. The highest BCUT2D eigenvalue weighted by Gasteiger charge is 2.46. The highest BCUT2D eigenvalue weighted by molar-refractivity contribution is 5.81. The van der Waals surface area contributed by atoms with E-state index in [2.05, 4.69) is 164 Å². The summed E-state index contributed by atoms with van der Waals surface area (Å²) in [6, 6.07) is 60.4. The van der Waals surface area contributed by atoms with Gasteiger partial charge in [0.15, 0.2) is 0 Å². The summed E-state index contributed by atoms with van der Waals surface area (Å²) in [5.74, 6) is 0.0343. The minimum absolute atomic E-state index is 0.0343. The number of benzene rings is 6. The molecule has 0 bridgehead atoms. The van der Waals surface area contributed by atoms with Crippen molar-refractivity contribution in [1.29, 1.82) is 0 Å². The van der Waals surface area contributed by atoms with Crippen molar-refractivity contribution in [3.05, 3.63) is 203 Å². The Bertz CT molecular complexity index is 1600. The van der Waals surface area contributed by atoms with E-state index in [-0.39, 0.29) is 5.92 Å². The zero-order valence-corrected chi connectivity index (χ0v) is 21.9. The third kappa shape index (κ3) is 3.83. The molecule has 0 saturated heterocycles. The maximum Gasteiger partial charge on any atom is 0.0560 e. The van der Waals surface area contributed by atoms with Crippen LogP contribution in [0.15, 0.2) is 164 Å². The van der Waals surface area contributed by atoms with E-state index in [1.807, 2.05) is 0 Å². The van der Waals surface area contributed by atoms with Crippen molar-refractivity contribution in [3.8, 4) is 11.1 Å². The molecule has 0 aliphatic heterocycles. The standard InChI is InChI=1S/C39H30/c1-5-16-29(17-6-1)38(36-27-15-19-31-28-30-18-13-14-26-35(30)37(31)36)39(32-20-7-2-8-21-32,33-22-9-3-10-23-33)34-24-11-4-12-25-34/h1-27,38H,28H2. The van der Waals surface area contributed by atoms with Gasteiger partial charge in [-0.05, 0) is 56.5 Å². The van der Waals surface area contributed by atoms with Crippen LogP contribution in [0.3, 0.4) is 0 Å². The van der Waals surface area contributed by atoms with E-state index in [9.17, 15) is 0 Å². The van der Waals surface area contributed by atoms with Crippen molar-refractivity contribution in [1.82, 2.24) is 0 Å². The summed E-state index contributed by atoms with van der Waals surface area (Å²) in [6.45, 7) is 0. The molecule has 0 heterocycles. The number of fused-ring (bicyclic) bond motifs is 3. The van der Waals surface area contributed by atoms with Crippen LogP contribution >= 0.6 is 0 Å². The first kappa shape index (κ1) is 23.4. The second-order valence-corrected chi connectivity index (χ2v) is 10.5. The molecule has 0 saturated carbocycles. The van der Waals surface area contributed by atoms with Crippen molar-refractivity contribution >= 4 is 0 Å². The van der Waals surface area contributed by atoms with Crippen LogP contribution in [0.1, 0.15) is 44.9 Å². The second kappa shape index (κ2) is 9.89. The highest BCUT2D eigenvalue weighted by Crippen LogP contribution is 2.55. The first-order valence-electron chi connectivity index (χ1n) is 13.8. The van der Waals surface area contributed by atoms with E-state index in [1.54, 1.807) is 0 Å². The van der Waals surface area contributed by atoms with Crippen molar-refractivity contribution in [2.24, 2.45) is 0 Å². The van der Waals surface area contributed by atoms with Gasteiger partial charge in [-0.25, -0.2) is 0 Å². The van der Waals surface area contributed by atoms with E-state index in [4.69, 9.17) is 0 Å². The number of rotatable bonds is 6. The van der Waals surface area contributed by atoms with Crippen molar-refractivity contribution < 1.29 is 0 Å². The first-order valence-corrected chi connectivity index (χ1v) is 13.8. The van der Waals surface area contributed by atoms with E-state index < -0.39 is 5.41 Å². The molecular formula is C39H30. The molecule has 0 nitrogen and oxygen atoms in total. The van der Waals surface area contributed by atoms with Gasteiger partial charge in [0, 0.05) is 5.92 Å². The molecule has 6 aromatic carbocycles. The third-order valence-corrected chi connectivity index (χ3v) is 8.41. The predicted molar refractivity (Wildman–Crippen MR) is 162 cm³/mol.